The Bertz CT molecular complexity index is 1440. The van der Waals surface area contributed by atoms with Gasteiger partial charge in [-0.25, -0.2) is 4.79 Å². The van der Waals surface area contributed by atoms with Crippen LogP contribution in [0.2, 0.25) is 0 Å². The first-order valence-electron chi connectivity index (χ1n) is 23.2. The second kappa shape index (κ2) is 17.9. The van der Waals surface area contributed by atoms with Gasteiger partial charge in [-0.1, -0.05) is 31.8 Å². The first-order chi connectivity index (χ1) is 27.5. The van der Waals surface area contributed by atoms with Crippen LogP contribution >= 0.6 is 0 Å². The van der Waals surface area contributed by atoms with Gasteiger partial charge in [-0.3, -0.25) is 4.79 Å². The predicted molar refractivity (Wildman–Crippen MR) is 215 cm³/mol. The lowest BCUT2D eigenvalue weighted by Crippen LogP contribution is -2.71. The van der Waals surface area contributed by atoms with Crippen LogP contribution in [-0.4, -0.2) is 101 Å². The number of nitrogens with two attached hydrogens (primary N) is 2. The number of esters is 1. The van der Waals surface area contributed by atoms with E-state index in [1.54, 1.807) is 0 Å². The minimum atomic E-state index is -1.04. The Morgan fingerprint density at radius 2 is 1.72 bits per heavy atom. The number of aliphatic hydroxyl groups is 3. The molecule has 5 heterocycles. The molecule has 15 unspecified atom stereocenters. The Balaban J connectivity index is 1.24. The van der Waals surface area contributed by atoms with Gasteiger partial charge in [0.25, 0.3) is 0 Å². The van der Waals surface area contributed by atoms with Crippen molar-refractivity contribution in [3.8, 4) is 0 Å². The standard InChI is InChI=1S/C45H74N4O8/c1-3-30(26-8-4-5-9-26)44(54)56-36-21-34-40(53)39-35(52)20-29(23-50)55-42(39)38-33(19-24-7-6-10-28(51)18-24)31-15-16-48-43(47)32(31)13-12-27(45(36,2)57-41(34)38)17-25-11-14-37(46)49-22-25/h3,24-29,31-34,36-43,48-51,53H,4-23,46-47H2,1-2H3/t24?,25?,27-,28?,29?,31?,32?,33?,34?,36-,37?,38?,39?,40?,41?,42?,43?,45-/m0/s1. The van der Waals surface area contributed by atoms with E-state index in [1.807, 2.05) is 13.0 Å². The molecule has 8 aliphatic rings. The predicted octanol–water partition coefficient (Wildman–Crippen LogP) is 3.68. The second-order valence-electron chi connectivity index (χ2n) is 20.1. The van der Waals surface area contributed by atoms with Crippen LogP contribution in [0.15, 0.2) is 11.6 Å². The lowest BCUT2D eigenvalue weighted by atomic mass is 9.53. The number of ether oxygens (including phenoxy) is 3. The Labute approximate surface area is 340 Å². The number of carbonyl (C=O) groups excluding carboxylic acids is 2. The first kappa shape index (κ1) is 42.2. The quantitative estimate of drug-likeness (QED) is 0.139. The number of aliphatic hydroxyl groups excluding tert-OH is 3. The highest BCUT2D eigenvalue weighted by molar-refractivity contribution is 5.89. The maximum absolute atomic E-state index is 14.4. The molecular formula is C45H74N4O8. The number of rotatable bonds is 8. The van der Waals surface area contributed by atoms with Crippen molar-refractivity contribution in [3.05, 3.63) is 11.6 Å². The van der Waals surface area contributed by atoms with Gasteiger partial charge in [-0.05, 0) is 145 Å². The van der Waals surface area contributed by atoms with Crippen LogP contribution in [0.3, 0.4) is 0 Å². The van der Waals surface area contributed by atoms with Crippen LogP contribution in [0.1, 0.15) is 123 Å². The highest BCUT2D eigenvalue weighted by atomic mass is 16.6. The summed E-state index contributed by atoms with van der Waals surface area (Å²) in [5.74, 6) is -0.528. The summed E-state index contributed by atoms with van der Waals surface area (Å²) in [6.07, 6.45) is 12.5. The van der Waals surface area contributed by atoms with Crippen molar-refractivity contribution in [1.29, 1.82) is 0 Å². The van der Waals surface area contributed by atoms with Crippen molar-refractivity contribution in [2.75, 3.05) is 19.7 Å². The molecule has 9 N–H and O–H groups in total. The van der Waals surface area contributed by atoms with E-state index in [2.05, 4.69) is 17.6 Å². The number of nitrogens with one attached hydrogen (secondary N) is 2. The van der Waals surface area contributed by atoms with E-state index < -0.39 is 48.0 Å². The molecule has 8 fully saturated rings. The zero-order chi connectivity index (χ0) is 40.0. The van der Waals surface area contributed by atoms with E-state index in [4.69, 9.17) is 25.7 Å². The molecule has 57 heavy (non-hydrogen) atoms. The molecule has 12 heteroatoms. The molecule has 0 spiro atoms. The van der Waals surface area contributed by atoms with Crippen LogP contribution in [0.4, 0.5) is 0 Å². The summed E-state index contributed by atoms with van der Waals surface area (Å²) < 4.78 is 21.4. The zero-order valence-corrected chi connectivity index (χ0v) is 34.6. The highest BCUT2D eigenvalue weighted by Gasteiger charge is 2.65. The molecule has 5 aliphatic heterocycles. The summed E-state index contributed by atoms with van der Waals surface area (Å²) in [6, 6.07) is 0. The molecule has 12 nitrogen and oxygen atoms in total. The summed E-state index contributed by atoms with van der Waals surface area (Å²) in [4.78, 5) is 28.6. The molecule has 0 amide bonds. The molecule has 8 rings (SSSR count). The van der Waals surface area contributed by atoms with Crippen molar-refractivity contribution >= 4 is 11.8 Å². The van der Waals surface area contributed by atoms with Gasteiger partial charge in [0.05, 0.1) is 55.4 Å². The van der Waals surface area contributed by atoms with E-state index in [-0.39, 0.29) is 78.7 Å². The van der Waals surface area contributed by atoms with Crippen LogP contribution in [0.25, 0.3) is 0 Å². The third-order valence-electron chi connectivity index (χ3n) is 16.9. The summed E-state index contributed by atoms with van der Waals surface area (Å²) in [5, 5.41) is 41.0. The van der Waals surface area contributed by atoms with Gasteiger partial charge in [-0.15, -0.1) is 0 Å². The van der Waals surface area contributed by atoms with Gasteiger partial charge in [0.15, 0.2) is 0 Å². The fraction of sp³-hybridized carbons (Fsp3) is 0.911. The molecule has 2 bridgehead atoms. The Hall–Kier alpha value is -1.48. The number of allylic oxidation sites excluding steroid dienone is 1. The van der Waals surface area contributed by atoms with E-state index >= 15 is 0 Å². The third-order valence-corrected chi connectivity index (χ3v) is 16.9. The Morgan fingerprint density at radius 3 is 2.44 bits per heavy atom. The molecule has 3 saturated carbocycles. The SMILES string of the molecule is CC=C(C(=O)O[C@H]1CC2C(O)C3C(=O)CC(CO)OC3C3C(CC4CCCC(O)C4)C4CCNC(N)C4CC[C@@H](CC4CCC(N)NC4)[C@]1(C)OC23)C1CCCC1. The monoisotopic (exact) mass is 799 g/mol. The van der Waals surface area contributed by atoms with Crippen molar-refractivity contribution in [2.45, 2.75) is 178 Å². The molecule has 0 aromatic rings. The fourth-order valence-corrected chi connectivity index (χ4v) is 13.9. The molecular weight excluding hydrogens is 725 g/mol. The van der Waals surface area contributed by atoms with Gasteiger partial charge in [0.1, 0.15) is 17.5 Å². The summed E-state index contributed by atoms with van der Waals surface area (Å²) >= 11 is 0. The smallest absolute Gasteiger partial charge is 0.334 e. The van der Waals surface area contributed by atoms with Crippen LogP contribution in [-0.2, 0) is 23.8 Å². The average molecular weight is 799 g/mol. The third kappa shape index (κ3) is 8.44. The van der Waals surface area contributed by atoms with Crippen LogP contribution in [0.5, 0.6) is 0 Å². The number of Topliss-reactive ketones (excluding diaryl/α,β-unsaturated/α-hetero) is 1. The normalized spacial score (nSPS) is 48.4. The molecule has 18 atom stereocenters. The van der Waals surface area contributed by atoms with E-state index in [1.165, 1.54) is 0 Å². The number of hydrogen-bond donors (Lipinski definition) is 7. The zero-order valence-electron chi connectivity index (χ0n) is 34.6. The molecule has 3 aliphatic carbocycles. The number of fused-ring (bicyclic) bond motifs is 4. The van der Waals surface area contributed by atoms with E-state index in [0.29, 0.717) is 18.3 Å². The average Bonchev–Trinajstić information content (AvgIpc) is 3.72. The molecule has 5 saturated heterocycles. The van der Waals surface area contributed by atoms with Crippen molar-refractivity contribution in [1.82, 2.24) is 10.6 Å². The second-order valence-corrected chi connectivity index (χ2v) is 20.1. The lowest BCUT2D eigenvalue weighted by molar-refractivity contribution is -0.306. The molecule has 0 aromatic carbocycles. The summed E-state index contributed by atoms with van der Waals surface area (Å²) in [6.45, 7) is 5.45. The molecule has 0 radical (unpaired) electrons. The van der Waals surface area contributed by atoms with Gasteiger partial charge in [0, 0.05) is 23.8 Å². The minimum absolute atomic E-state index is 0.0104. The largest absolute Gasteiger partial charge is 0.456 e. The fourth-order valence-electron chi connectivity index (χ4n) is 13.9. The van der Waals surface area contributed by atoms with Crippen molar-refractivity contribution in [2.24, 2.45) is 70.6 Å². The topological polar surface area (TPSA) is 199 Å². The Morgan fingerprint density at radius 1 is 0.912 bits per heavy atom. The minimum Gasteiger partial charge on any atom is -0.456 e. The maximum Gasteiger partial charge on any atom is 0.334 e. The van der Waals surface area contributed by atoms with E-state index in [9.17, 15) is 24.9 Å². The lowest BCUT2D eigenvalue weighted by Gasteiger charge is -2.62. The number of ketones is 1. The van der Waals surface area contributed by atoms with Crippen molar-refractivity contribution in [3.63, 3.8) is 0 Å². The molecule has 0 aromatic heterocycles. The highest BCUT2D eigenvalue weighted by Crippen LogP contribution is 2.58. The maximum atomic E-state index is 14.4. The summed E-state index contributed by atoms with van der Waals surface area (Å²) in [5.41, 5.74) is 13.3. The van der Waals surface area contributed by atoms with Gasteiger partial charge < -0.3 is 51.6 Å². The molecule has 322 valence electrons. The van der Waals surface area contributed by atoms with Crippen LogP contribution in [0, 0.1) is 59.2 Å². The number of hydrogen-bond acceptors (Lipinski definition) is 12. The van der Waals surface area contributed by atoms with Gasteiger partial charge in [0.2, 0.25) is 0 Å². The van der Waals surface area contributed by atoms with Crippen LogP contribution < -0.4 is 22.1 Å². The first-order valence-corrected chi connectivity index (χ1v) is 23.2. The van der Waals surface area contributed by atoms with Gasteiger partial charge in [-0.2, -0.15) is 0 Å². The number of piperidine rings is 2. The summed E-state index contributed by atoms with van der Waals surface area (Å²) in [7, 11) is 0. The Kier molecular flexibility index (Phi) is 13.2. The van der Waals surface area contributed by atoms with E-state index in [0.717, 1.165) is 115 Å². The van der Waals surface area contributed by atoms with Gasteiger partial charge >= 0.3 is 5.97 Å². The van der Waals surface area contributed by atoms with Crippen molar-refractivity contribution < 1.29 is 39.1 Å². The number of carbonyl (C=O) groups is 2.